The molecule has 0 N–H and O–H groups in total. The lowest BCUT2D eigenvalue weighted by molar-refractivity contribution is -0.129. The Labute approximate surface area is 163 Å². The minimum atomic E-state index is -2.20. The second-order valence-electron chi connectivity index (χ2n) is 7.90. The molecule has 3 rings (SSSR count). The van der Waals surface area contributed by atoms with Crippen LogP contribution in [0.25, 0.3) is 11.3 Å². The molecule has 0 aliphatic carbocycles. The van der Waals surface area contributed by atoms with Crippen molar-refractivity contribution in [3.05, 3.63) is 36.4 Å². The van der Waals surface area contributed by atoms with E-state index in [9.17, 15) is 9.59 Å². The number of nitrogens with zero attached hydrogens (tertiary/aromatic N) is 3. The predicted octanol–water partition coefficient (Wildman–Crippen LogP) is 3.65. The largest absolute Gasteiger partial charge is 0.444 e. The first kappa shape index (κ1) is 19.9. The van der Waals surface area contributed by atoms with Crippen LogP contribution in [-0.2, 0) is 9.53 Å². The Kier molecular flexibility index (Phi) is 5.14. The third-order valence-electron chi connectivity index (χ3n) is 4.46. The fourth-order valence-electron chi connectivity index (χ4n) is 3.00. The third kappa shape index (κ3) is 4.16. The van der Waals surface area contributed by atoms with E-state index in [-0.39, 0.29) is 25.3 Å². The molecule has 1 aromatic carbocycles. The zero-order valence-corrected chi connectivity index (χ0v) is 16.4. The number of hydrogen-bond acceptors (Lipinski definition) is 5. The molecule has 1 aliphatic heterocycles. The summed E-state index contributed by atoms with van der Waals surface area (Å²) in [6, 6.07) is 10.9. The monoisotopic (exact) mass is 389 g/mol. The number of likely N-dealkylation sites (tertiary alicyclic amines) is 1. The minimum absolute atomic E-state index is 0.0984. The normalized spacial score (nSPS) is 19.5. The molecule has 2 heterocycles. The molecule has 1 fully saturated rings. The summed E-state index contributed by atoms with van der Waals surface area (Å²) in [5.74, 6) is -0.0898. The van der Waals surface area contributed by atoms with Crippen molar-refractivity contribution in [1.82, 2.24) is 10.1 Å². The summed E-state index contributed by atoms with van der Waals surface area (Å²) in [6.07, 6.45) is -0.728. The highest BCUT2D eigenvalue weighted by molar-refractivity contribution is 5.99. The summed E-state index contributed by atoms with van der Waals surface area (Å²) in [4.78, 5) is 27.3. The van der Waals surface area contributed by atoms with E-state index in [2.05, 4.69) is 5.16 Å². The van der Waals surface area contributed by atoms with E-state index in [1.807, 2.05) is 30.3 Å². The molecular formula is C20H24FN3O4. The minimum Gasteiger partial charge on any atom is -0.444 e. The summed E-state index contributed by atoms with van der Waals surface area (Å²) in [6.45, 7) is 4.96. The fourth-order valence-corrected chi connectivity index (χ4v) is 3.00. The highest BCUT2D eigenvalue weighted by atomic mass is 19.1. The van der Waals surface area contributed by atoms with Gasteiger partial charge in [-0.25, -0.2) is 9.18 Å². The molecule has 0 radical (unpaired) electrons. The van der Waals surface area contributed by atoms with Crippen LogP contribution in [-0.4, -0.2) is 53.5 Å². The van der Waals surface area contributed by atoms with Crippen LogP contribution in [0.5, 0.6) is 0 Å². The zero-order chi connectivity index (χ0) is 20.5. The smallest absolute Gasteiger partial charge is 0.410 e. The third-order valence-corrected chi connectivity index (χ3v) is 4.46. The Morgan fingerprint density at radius 2 is 1.96 bits per heavy atom. The van der Waals surface area contributed by atoms with Gasteiger partial charge in [-0.2, -0.15) is 0 Å². The number of alkyl halides is 1. The lowest BCUT2D eigenvalue weighted by atomic mass is 10.0. The quantitative estimate of drug-likeness (QED) is 0.801. The van der Waals surface area contributed by atoms with E-state index >= 15 is 4.39 Å². The molecule has 0 saturated carbocycles. The van der Waals surface area contributed by atoms with Crippen molar-refractivity contribution in [2.24, 2.45) is 0 Å². The molecular weight excluding hydrogens is 365 g/mol. The van der Waals surface area contributed by atoms with Crippen LogP contribution in [0.3, 0.4) is 0 Å². The highest BCUT2D eigenvalue weighted by Crippen LogP contribution is 2.31. The van der Waals surface area contributed by atoms with Gasteiger partial charge in [-0.05, 0) is 20.8 Å². The molecule has 150 valence electrons. The van der Waals surface area contributed by atoms with Crippen LogP contribution in [0.15, 0.2) is 40.9 Å². The number of halogens is 1. The maximum atomic E-state index is 15.3. The van der Waals surface area contributed by atoms with E-state index in [0.29, 0.717) is 5.76 Å². The SMILES string of the molecule is CN(C(=O)C1(F)CCN(C(=O)OC(C)(C)C)C1)c1cc(-c2ccccc2)on1. The summed E-state index contributed by atoms with van der Waals surface area (Å²) >= 11 is 0. The number of benzene rings is 1. The van der Waals surface area contributed by atoms with Crippen LogP contribution >= 0.6 is 0 Å². The molecule has 1 aliphatic rings. The van der Waals surface area contributed by atoms with E-state index in [0.717, 1.165) is 10.5 Å². The van der Waals surface area contributed by atoms with Gasteiger partial charge in [-0.1, -0.05) is 35.5 Å². The van der Waals surface area contributed by atoms with Gasteiger partial charge in [0.2, 0.25) is 5.67 Å². The molecule has 1 aromatic heterocycles. The molecule has 0 bridgehead atoms. The van der Waals surface area contributed by atoms with E-state index < -0.39 is 23.3 Å². The number of ether oxygens (including phenoxy) is 1. The Bertz CT molecular complexity index is 862. The maximum Gasteiger partial charge on any atom is 0.410 e. The van der Waals surface area contributed by atoms with Crippen LogP contribution in [0.4, 0.5) is 15.0 Å². The van der Waals surface area contributed by atoms with Crippen LogP contribution in [0.1, 0.15) is 27.2 Å². The number of carbonyl (C=O) groups is 2. The molecule has 0 spiro atoms. The van der Waals surface area contributed by atoms with Crippen LogP contribution in [0.2, 0.25) is 0 Å². The number of carbonyl (C=O) groups excluding carboxylic acids is 2. The topological polar surface area (TPSA) is 75.9 Å². The summed E-state index contributed by atoms with van der Waals surface area (Å²) in [7, 11) is 1.44. The van der Waals surface area contributed by atoms with Gasteiger partial charge in [0.25, 0.3) is 5.91 Å². The number of aromatic nitrogens is 1. The molecule has 7 nitrogen and oxygen atoms in total. The number of amides is 2. The standard InChI is InChI=1S/C20H24FN3O4/c1-19(2,3)27-18(26)24-11-10-20(21,13-24)17(25)23(4)16-12-15(28-22-16)14-8-6-5-7-9-14/h5-9,12H,10-11,13H2,1-4H3. The summed E-state index contributed by atoms with van der Waals surface area (Å²) < 4.78 is 25.9. The predicted molar refractivity (Wildman–Crippen MR) is 102 cm³/mol. The molecule has 2 aromatic rings. The zero-order valence-electron chi connectivity index (χ0n) is 16.4. The molecule has 2 amide bonds. The van der Waals surface area contributed by atoms with Crippen molar-refractivity contribution >= 4 is 17.8 Å². The number of anilines is 1. The van der Waals surface area contributed by atoms with Crippen molar-refractivity contribution < 1.29 is 23.2 Å². The van der Waals surface area contributed by atoms with Crippen molar-refractivity contribution in [2.45, 2.75) is 38.5 Å². The lowest BCUT2D eigenvalue weighted by Crippen LogP contribution is -2.47. The van der Waals surface area contributed by atoms with Crippen molar-refractivity contribution in [3.8, 4) is 11.3 Å². The first-order valence-corrected chi connectivity index (χ1v) is 9.06. The van der Waals surface area contributed by atoms with E-state index in [4.69, 9.17) is 9.26 Å². The molecule has 28 heavy (non-hydrogen) atoms. The van der Waals surface area contributed by atoms with Gasteiger partial charge in [-0.15, -0.1) is 0 Å². The van der Waals surface area contributed by atoms with Crippen molar-refractivity contribution in [2.75, 3.05) is 25.0 Å². The number of rotatable bonds is 3. The van der Waals surface area contributed by atoms with Gasteiger partial charge < -0.3 is 14.2 Å². The Morgan fingerprint density at radius 3 is 2.61 bits per heavy atom. The Hall–Kier alpha value is -2.90. The highest BCUT2D eigenvalue weighted by Gasteiger charge is 2.49. The summed E-state index contributed by atoms with van der Waals surface area (Å²) in [5, 5.41) is 3.88. The van der Waals surface area contributed by atoms with Gasteiger partial charge >= 0.3 is 6.09 Å². The average Bonchev–Trinajstić information content (AvgIpc) is 3.28. The van der Waals surface area contributed by atoms with Crippen LogP contribution in [0, 0.1) is 0 Å². The molecule has 8 heteroatoms. The second-order valence-corrected chi connectivity index (χ2v) is 7.90. The van der Waals surface area contributed by atoms with Gasteiger partial charge in [0.05, 0.1) is 6.54 Å². The Balaban J connectivity index is 1.70. The van der Waals surface area contributed by atoms with Crippen molar-refractivity contribution in [1.29, 1.82) is 0 Å². The van der Waals surface area contributed by atoms with Crippen molar-refractivity contribution in [3.63, 3.8) is 0 Å². The maximum absolute atomic E-state index is 15.3. The van der Waals surface area contributed by atoms with Gasteiger partial charge in [-0.3, -0.25) is 9.69 Å². The Morgan fingerprint density at radius 1 is 1.29 bits per heavy atom. The van der Waals surface area contributed by atoms with Gasteiger partial charge in [0.1, 0.15) is 5.60 Å². The van der Waals surface area contributed by atoms with E-state index in [1.54, 1.807) is 26.8 Å². The van der Waals surface area contributed by atoms with Crippen LogP contribution < -0.4 is 4.90 Å². The molecule has 1 unspecified atom stereocenters. The molecule has 1 atom stereocenters. The van der Waals surface area contributed by atoms with Gasteiger partial charge in [0, 0.05) is 31.6 Å². The first-order valence-electron chi connectivity index (χ1n) is 9.06. The first-order chi connectivity index (χ1) is 13.1. The molecule has 1 saturated heterocycles. The average molecular weight is 389 g/mol. The lowest BCUT2D eigenvalue weighted by Gasteiger charge is -2.26. The second kappa shape index (κ2) is 7.26. The van der Waals surface area contributed by atoms with Gasteiger partial charge in [0.15, 0.2) is 11.6 Å². The summed E-state index contributed by atoms with van der Waals surface area (Å²) in [5.41, 5.74) is -2.08. The fraction of sp³-hybridized carbons (Fsp3) is 0.450. The van der Waals surface area contributed by atoms with E-state index in [1.165, 1.54) is 11.9 Å². The number of hydrogen-bond donors (Lipinski definition) is 0.